The van der Waals surface area contributed by atoms with Gasteiger partial charge in [-0.15, -0.1) is 149 Å². The van der Waals surface area contributed by atoms with Gasteiger partial charge < -0.3 is 39.2 Å². The van der Waals surface area contributed by atoms with Crippen LogP contribution < -0.4 is 40.7 Å². The number of nitrogens with one attached hydrogen (secondary N) is 1. The zero-order chi connectivity index (χ0) is 37.9. The molecule has 62 heavy (non-hydrogen) atoms. The number of halogens is 12. The number of rotatable bonds is 18. The second kappa shape index (κ2) is 92.4. The second-order valence-electron chi connectivity index (χ2n) is 10.7. The average molecular weight is 1160 g/mol. The number of pyridine rings is 2. The Morgan fingerprint density at radius 3 is 1.45 bits per heavy atom. The maximum Gasteiger partial charge on any atom is 0.110 e. The molecule has 2 aromatic heterocycles. The molecule has 0 atom stereocenters. The minimum atomic E-state index is 0. The highest BCUT2D eigenvalue weighted by Gasteiger charge is 2.08. The Bertz CT molecular complexity index is 863. The van der Waals surface area contributed by atoms with Gasteiger partial charge in [-0.1, -0.05) is 12.1 Å². The lowest BCUT2D eigenvalue weighted by atomic mass is 10.3. The summed E-state index contributed by atoms with van der Waals surface area (Å²) in [5, 5.41) is 2.86. The molecule has 0 amide bonds. The van der Waals surface area contributed by atoms with Crippen molar-refractivity contribution in [3.8, 4) is 0 Å². The molecule has 2 aromatic rings. The van der Waals surface area contributed by atoms with E-state index in [-0.39, 0.29) is 149 Å². The van der Waals surface area contributed by atoms with Gasteiger partial charge in [0.1, 0.15) is 6.61 Å². The van der Waals surface area contributed by atoms with Gasteiger partial charge in [0.15, 0.2) is 0 Å². The van der Waals surface area contributed by atoms with Crippen molar-refractivity contribution in [3.05, 3.63) is 60.2 Å². The van der Waals surface area contributed by atoms with Gasteiger partial charge in [0, 0.05) is 51.3 Å². The van der Waals surface area contributed by atoms with Crippen LogP contribution in [0.25, 0.3) is 0 Å². The van der Waals surface area contributed by atoms with Gasteiger partial charge in [-0.05, 0) is 78.4 Å². The van der Waals surface area contributed by atoms with Crippen LogP contribution in [0.1, 0.15) is 24.1 Å². The molecule has 1 fully saturated rings. The minimum absolute atomic E-state index is 0. The molecular formula is C31H80Cl12N12O7. The standard InChI is InChI=1S/C7H16N2O2.2C6H8N2O.C5H14N2O.C4H12N2O.C3H10N2O.12ClH/c8-11-5-1-2-9-3-6-10-7-4-9;7-9-5-6-2-1-3-8-4-6;7-9-5-6-3-1-2-4-8-6;1-7(2)4-3-5-8-6;1-6(2)3-4-7-5;1-5-2-3-6-4;;;;;;;;;;;;/h1-8H2;2*1-4H,5,7H2;3-6H2,1-2H3;3-5H2,1-2H3;5H,2-4H2,1H3;12*1H. The van der Waals surface area contributed by atoms with Crippen molar-refractivity contribution >= 4 is 149 Å². The first-order chi connectivity index (χ1) is 24.2. The van der Waals surface area contributed by atoms with E-state index in [1.807, 2.05) is 70.5 Å². The first-order valence-corrected chi connectivity index (χ1v) is 16.2. The Balaban J connectivity index is -0.0000000319. The molecule has 390 valence electrons. The highest BCUT2D eigenvalue weighted by Crippen LogP contribution is 1.97. The Morgan fingerprint density at radius 2 is 1.10 bits per heavy atom. The van der Waals surface area contributed by atoms with E-state index in [1.54, 1.807) is 18.6 Å². The Labute approximate surface area is 445 Å². The van der Waals surface area contributed by atoms with Gasteiger partial charge in [0.2, 0.25) is 0 Å². The lowest BCUT2D eigenvalue weighted by Gasteiger charge is -2.26. The zero-order valence-corrected chi connectivity index (χ0v) is 45.7. The Morgan fingerprint density at radius 1 is 0.597 bits per heavy atom. The molecule has 0 bridgehead atoms. The zero-order valence-electron chi connectivity index (χ0n) is 35.9. The van der Waals surface area contributed by atoms with Crippen LogP contribution in [0, 0.1) is 0 Å². The predicted octanol–water partition coefficient (Wildman–Crippen LogP) is 3.97. The van der Waals surface area contributed by atoms with Crippen molar-refractivity contribution in [2.75, 3.05) is 114 Å². The minimum Gasteiger partial charge on any atom is -0.379 e. The molecule has 19 nitrogen and oxygen atoms in total. The van der Waals surface area contributed by atoms with Gasteiger partial charge in [-0.25, -0.2) is 35.4 Å². The van der Waals surface area contributed by atoms with E-state index in [0.29, 0.717) is 39.6 Å². The van der Waals surface area contributed by atoms with E-state index in [9.17, 15) is 0 Å². The van der Waals surface area contributed by atoms with Gasteiger partial charge in [-0.2, -0.15) is 0 Å². The quantitative estimate of drug-likeness (QED) is 0.0822. The van der Waals surface area contributed by atoms with Gasteiger partial charge in [-0.3, -0.25) is 24.5 Å². The lowest BCUT2D eigenvalue weighted by molar-refractivity contribution is 0.0319. The molecule has 3 rings (SSSR count). The monoisotopic (exact) mass is 1150 g/mol. The largest absolute Gasteiger partial charge is 0.379 e. The highest BCUT2D eigenvalue weighted by atomic mass is 35.5. The van der Waals surface area contributed by atoms with Gasteiger partial charge in [0.05, 0.1) is 51.9 Å². The van der Waals surface area contributed by atoms with Crippen LogP contribution in [0.5, 0.6) is 0 Å². The summed E-state index contributed by atoms with van der Waals surface area (Å²) in [5.74, 6) is 28.8. The molecule has 0 spiro atoms. The van der Waals surface area contributed by atoms with Crippen LogP contribution in [0.15, 0.2) is 48.9 Å². The summed E-state index contributed by atoms with van der Waals surface area (Å²) in [5.41, 5.74) is 1.83. The van der Waals surface area contributed by atoms with Crippen molar-refractivity contribution in [2.45, 2.75) is 26.1 Å². The number of nitrogens with two attached hydrogens (primary N) is 6. The molecule has 1 aliphatic rings. The van der Waals surface area contributed by atoms with Crippen molar-refractivity contribution in [2.24, 2.45) is 35.4 Å². The van der Waals surface area contributed by atoms with Crippen molar-refractivity contribution in [1.29, 1.82) is 0 Å². The lowest BCUT2D eigenvalue weighted by Crippen LogP contribution is -2.37. The summed E-state index contributed by atoms with van der Waals surface area (Å²) in [4.78, 5) is 40.4. The summed E-state index contributed by atoms with van der Waals surface area (Å²) in [6.45, 7) is 10.9. The van der Waals surface area contributed by atoms with Gasteiger partial charge in [0.25, 0.3) is 0 Å². The molecule has 1 aliphatic heterocycles. The van der Waals surface area contributed by atoms with Crippen LogP contribution in [0.2, 0.25) is 0 Å². The Hall–Kier alpha value is 1.10. The topological polar surface area (TPSA) is 268 Å². The van der Waals surface area contributed by atoms with Crippen LogP contribution >= 0.6 is 149 Å². The first kappa shape index (κ1) is 105. The summed E-state index contributed by atoms with van der Waals surface area (Å²) in [6.07, 6.45) is 7.14. The van der Waals surface area contributed by atoms with E-state index in [0.717, 1.165) is 76.6 Å². The molecule has 13 N–H and O–H groups in total. The normalized spacial score (nSPS) is 9.76. The fourth-order valence-electron chi connectivity index (χ4n) is 3.21. The number of morpholine rings is 1. The molecule has 1 saturated heterocycles. The highest BCUT2D eigenvalue weighted by molar-refractivity contribution is 5.86. The third kappa shape index (κ3) is 95.4. The number of hydrogen-bond donors (Lipinski definition) is 7. The fraction of sp³-hybridized carbons (Fsp3) is 0.677. The van der Waals surface area contributed by atoms with Crippen LogP contribution in [-0.2, 0) is 47.0 Å². The van der Waals surface area contributed by atoms with E-state index >= 15 is 0 Å². The van der Waals surface area contributed by atoms with Crippen LogP contribution in [0.3, 0.4) is 0 Å². The number of hydrogen-bond acceptors (Lipinski definition) is 19. The van der Waals surface area contributed by atoms with Crippen molar-refractivity contribution < 1.29 is 33.8 Å². The maximum absolute atomic E-state index is 5.21. The summed E-state index contributed by atoms with van der Waals surface area (Å²) in [7, 11) is 9.84. The van der Waals surface area contributed by atoms with Crippen molar-refractivity contribution in [1.82, 2.24) is 30.0 Å². The molecule has 0 aliphatic carbocycles. The molecule has 0 saturated carbocycles. The molecule has 31 heteroatoms. The first-order valence-electron chi connectivity index (χ1n) is 16.2. The third-order valence-corrected chi connectivity index (χ3v) is 5.76. The van der Waals surface area contributed by atoms with E-state index < -0.39 is 0 Å². The molecule has 0 radical (unpaired) electrons. The molecule has 0 aromatic carbocycles. The Kier molecular flexibility index (Phi) is 157. The molecule has 0 unspecified atom stereocenters. The summed E-state index contributed by atoms with van der Waals surface area (Å²) >= 11 is 0. The maximum atomic E-state index is 5.21. The van der Waals surface area contributed by atoms with E-state index in [2.05, 4.69) is 60.0 Å². The van der Waals surface area contributed by atoms with Crippen LogP contribution in [0.4, 0.5) is 0 Å². The second-order valence-corrected chi connectivity index (χ2v) is 10.7. The number of nitrogens with zero attached hydrogens (tertiary/aromatic N) is 5. The van der Waals surface area contributed by atoms with Crippen molar-refractivity contribution in [3.63, 3.8) is 0 Å². The molecule has 3 heterocycles. The summed E-state index contributed by atoms with van der Waals surface area (Å²) in [6, 6.07) is 9.34. The SMILES string of the molecule is CN(C)CCCON.CN(C)CCON.CNCCON.Cl.Cl.Cl.Cl.Cl.Cl.Cl.Cl.Cl.Cl.Cl.Cl.NOCCCN1CCOCC1.NOCc1ccccn1.NOCc1cccnc1. The predicted molar refractivity (Wildman–Crippen MR) is 281 cm³/mol. The number of aromatic nitrogens is 2. The third-order valence-electron chi connectivity index (χ3n) is 5.76. The average Bonchev–Trinajstić information content (AvgIpc) is 3.13. The fourth-order valence-corrected chi connectivity index (χ4v) is 3.21. The van der Waals surface area contributed by atoms with E-state index in [4.69, 9.17) is 34.2 Å². The number of likely N-dealkylation sites (N-methyl/N-ethyl adjacent to an activating group) is 2. The number of ether oxygens (including phenoxy) is 1. The van der Waals surface area contributed by atoms with Gasteiger partial charge >= 0.3 is 0 Å². The smallest absolute Gasteiger partial charge is 0.110 e. The van der Waals surface area contributed by atoms with E-state index in [1.165, 1.54) is 0 Å². The summed E-state index contributed by atoms with van der Waals surface area (Å²) < 4.78 is 5.21. The molecular weight excluding hydrogens is 1080 g/mol. The van der Waals surface area contributed by atoms with Crippen LogP contribution in [-0.4, -0.2) is 139 Å².